The number of rotatable bonds is 17. The molecule has 0 aliphatic carbocycles. The Morgan fingerprint density at radius 2 is 1.10 bits per heavy atom. The molecule has 48 heteroatoms. The highest BCUT2D eigenvalue weighted by Gasteiger charge is 2.28. The predicted molar refractivity (Wildman–Crippen MR) is 297 cm³/mol. The summed E-state index contributed by atoms with van der Waals surface area (Å²) in [4.78, 5) is 15.3. The van der Waals surface area contributed by atoms with Gasteiger partial charge in [-0.05, 0) is 79.6 Å². The Hall–Kier alpha value is -8.49. The fourth-order valence-electron chi connectivity index (χ4n) is 7.33. The zero-order chi connectivity index (χ0) is 67.1. The minimum atomic E-state index is -5.42. The van der Waals surface area contributed by atoms with E-state index in [0.29, 0.717) is 22.4 Å². The summed E-state index contributed by atoms with van der Waals surface area (Å²) in [5.74, 6) is -2.50. The Kier molecular flexibility index (Phi) is 22.3. The Morgan fingerprint density at radius 1 is 0.584 bits per heavy atom. The van der Waals surface area contributed by atoms with Gasteiger partial charge < -0.3 is 14.9 Å². The van der Waals surface area contributed by atoms with E-state index in [2.05, 4.69) is 40.8 Å². The van der Waals surface area contributed by atoms with Crippen LogP contribution in [0.25, 0.3) is 37.4 Å². The van der Waals surface area contributed by atoms with Gasteiger partial charge in [-0.3, -0.25) is 27.3 Å². The Balaban J connectivity index is 0.00000121. The van der Waals surface area contributed by atoms with E-state index in [0.717, 1.165) is 47.9 Å². The van der Waals surface area contributed by atoms with E-state index < -0.39 is 152 Å². The fraction of sp³-hybridized carbons (Fsp3) is 0.0976. The summed E-state index contributed by atoms with van der Waals surface area (Å²) in [6.45, 7) is 1.25. The second kappa shape index (κ2) is 27.9. The van der Waals surface area contributed by atoms with Crippen molar-refractivity contribution in [2.45, 2.75) is 37.8 Å². The molecule has 6 aromatic carbocycles. The molecule has 0 saturated carbocycles. The molecule has 0 radical (unpaired) electrons. The number of carbonyl (C=O) groups excluding carboxylic acids is 2. The number of aromatic nitrogens is 3. The molecule has 2 aromatic heterocycles. The molecule has 0 unspecified atom stereocenters. The first kappa shape index (κ1) is 71.3. The third kappa shape index (κ3) is 18.5. The topological polar surface area (TPSA) is 617 Å². The highest BCUT2D eigenvalue weighted by Crippen LogP contribution is 2.45. The van der Waals surface area contributed by atoms with Crippen molar-refractivity contribution < 1.29 is 128 Å². The van der Waals surface area contributed by atoms with E-state index in [1.54, 1.807) is 6.92 Å². The van der Waals surface area contributed by atoms with Gasteiger partial charge in [0.25, 0.3) is 60.7 Å². The second-order valence-electron chi connectivity index (χ2n) is 16.5. The van der Waals surface area contributed by atoms with Crippen molar-refractivity contribution in [3.05, 3.63) is 89.6 Å². The highest BCUT2D eigenvalue weighted by atomic mass is 35.5. The summed E-state index contributed by atoms with van der Waals surface area (Å²) in [5.41, 5.74) is -1.55. The first-order valence-corrected chi connectivity index (χ1v) is 34.1. The summed E-state index contributed by atoms with van der Waals surface area (Å²) in [6.07, 6.45) is 0.820. The third-order valence-electron chi connectivity index (χ3n) is 10.7. The normalized spacial score (nSPS) is 12.3. The van der Waals surface area contributed by atoms with E-state index in [1.807, 2.05) is 0 Å². The van der Waals surface area contributed by atoms with Crippen molar-refractivity contribution in [3.63, 3.8) is 0 Å². The summed E-state index contributed by atoms with van der Waals surface area (Å²) < 4.78 is 262. The molecule has 8 aromatic rings. The zero-order valence-electron chi connectivity index (χ0n) is 42.9. The van der Waals surface area contributed by atoms with Crippen LogP contribution >= 0.6 is 22.9 Å². The minimum Gasteiger partial charge on any atom is -0.505 e. The molecule has 0 amide bonds. The smallest absolute Gasteiger partial charge is 0.425 e. The standard InChI is InChI=1S/C40H30ClN9O21S7.CO2.2O3S/c1-18-11-30(32(71-9-2-10-73(53,54)55)16-29(18)46-49-40-43-27-8-5-25(41)38(36(27)72-40)78(68,69)70)47-44-26-6-4-22-21(35(26)51)3-7-28(37(22)77(65,66)67)45-48-31-17-42-50(39(31)52)19-12-23-24(33(13-19)75(59,60)61)14-20(74(56,57)58)15-34(23)76(62,63)64;2-1-3;2*1-4(2)3/h3-8,11-17,51-52H,2,9-10H2,1H3,(H,53,54,55)(H,56,57,58)(H,59,60,61)(H,62,63,64)(H,65,66,67)(H,68,69,70);;;. The van der Waals surface area contributed by atoms with Crippen LogP contribution in [0.1, 0.15) is 12.0 Å². The number of aromatic hydroxyl groups is 2. The van der Waals surface area contributed by atoms with Gasteiger partial charge in [0.1, 0.15) is 42.4 Å². The average Bonchev–Trinajstić information content (AvgIpc) is 1.98. The van der Waals surface area contributed by atoms with Gasteiger partial charge in [-0.1, -0.05) is 29.0 Å². The monoisotopic (exact) mass is 1430 g/mol. The molecular weight excluding hydrogens is 1410 g/mol. The lowest BCUT2D eigenvalue weighted by molar-refractivity contribution is -0.191. The average molecular weight is 1440 g/mol. The van der Waals surface area contributed by atoms with Crippen molar-refractivity contribution in [3.8, 4) is 23.1 Å². The number of fused-ring (bicyclic) bond motifs is 3. The molecule has 0 fully saturated rings. The van der Waals surface area contributed by atoms with Crippen LogP contribution in [-0.2, 0) is 91.5 Å². The summed E-state index contributed by atoms with van der Waals surface area (Å²) in [5, 5.41) is 47.8. The van der Waals surface area contributed by atoms with Gasteiger partial charge in [0.05, 0.1) is 50.1 Å². The first-order valence-electron chi connectivity index (χ1n) is 22.1. The maximum atomic E-state index is 12.9. The van der Waals surface area contributed by atoms with Crippen LogP contribution in [0.15, 0.2) is 134 Å². The van der Waals surface area contributed by atoms with Crippen molar-refractivity contribution in [1.29, 1.82) is 0 Å². The van der Waals surface area contributed by atoms with Gasteiger partial charge in [0.15, 0.2) is 11.4 Å². The third-order valence-corrected chi connectivity index (χ3v) is 17.5. The van der Waals surface area contributed by atoms with Gasteiger partial charge in [-0.25, -0.2) is 4.98 Å². The number of hydrogen-bond donors (Lipinski definition) is 8. The summed E-state index contributed by atoms with van der Waals surface area (Å²) in [6, 6.07) is 11.7. The molecular formula is C41H30ClN9O29S9. The number of phenolic OH excluding ortho intramolecular Hbond substituents is 1. The van der Waals surface area contributed by atoms with E-state index in [-0.39, 0.29) is 79.2 Å². The first-order chi connectivity index (χ1) is 41.0. The maximum absolute atomic E-state index is 12.9. The SMILES string of the molecule is Cc1cc(N=Nc2ccc3c(S(=O)(=O)O)c(N=Nc4cnn(-c5cc(S(=O)(=O)O)c6cc(S(=O)(=O)O)cc(S(=O)(=O)O)c6c5)c4O)ccc3c2O)c(OCCCS(=O)(=O)O)cc1N=Nc1nc2ccc(Cl)c(S(=O)(=O)O)c2s1.O=C=O.O=S(=O)=O.O=S(=O)=O. The summed E-state index contributed by atoms with van der Waals surface area (Å²) >= 11 is 6.76. The number of aryl methyl sites for hydroxylation is 1. The van der Waals surface area contributed by atoms with E-state index >= 15 is 0 Å². The molecule has 0 saturated heterocycles. The predicted octanol–water partition coefficient (Wildman–Crippen LogP) is 5.71. The van der Waals surface area contributed by atoms with Crippen molar-refractivity contribution in [2.75, 3.05) is 12.4 Å². The maximum Gasteiger partial charge on any atom is 0.425 e. The van der Waals surface area contributed by atoms with E-state index in [1.165, 1.54) is 24.3 Å². The van der Waals surface area contributed by atoms with Crippen LogP contribution in [-0.4, -0.2) is 147 Å². The van der Waals surface area contributed by atoms with Crippen LogP contribution in [0.3, 0.4) is 0 Å². The van der Waals surface area contributed by atoms with E-state index in [9.17, 15) is 88.0 Å². The fourth-order valence-corrected chi connectivity index (χ4v) is 13.1. The van der Waals surface area contributed by atoms with Crippen LogP contribution in [0.5, 0.6) is 17.4 Å². The van der Waals surface area contributed by atoms with Crippen molar-refractivity contribution in [1.82, 2.24) is 14.8 Å². The van der Waals surface area contributed by atoms with Crippen molar-refractivity contribution in [2.24, 2.45) is 30.7 Å². The molecule has 474 valence electrons. The van der Waals surface area contributed by atoms with Crippen LogP contribution in [0.2, 0.25) is 5.02 Å². The number of halogens is 1. The Bertz CT molecular complexity index is 5270. The molecule has 89 heavy (non-hydrogen) atoms. The molecule has 8 rings (SSSR count). The molecule has 0 atom stereocenters. The van der Waals surface area contributed by atoms with Gasteiger partial charge in [0.2, 0.25) is 11.0 Å². The number of phenols is 1. The number of azo groups is 3. The number of hydrogen-bond acceptors (Lipinski definition) is 32. The minimum absolute atomic E-state index is 0.00537. The lowest BCUT2D eigenvalue weighted by atomic mass is 10.1. The van der Waals surface area contributed by atoms with Crippen LogP contribution in [0, 0.1) is 6.92 Å². The quantitative estimate of drug-likeness (QED) is 0.0307. The second-order valence-corrected chi connectivity index (χ2v) is 27.1. The lowest BCUT2D eigenvalue weighted by Gasteiger charge is -2.13. The lowest BCUT2D eigenvalue weighted by Crippen LogP contribution is -2.08. The largest absolute Gasteiger partial charge is 0.505 e. The molecule has 2 heterocycles. The molecule has 0 spiro atoms. The molecule has 0 aliphatic heterocycles. The van der Waals surface area contributed by atoms with Crippen molar-refractivity contribution >= 4 is 176 Å². The Labute approximate surface area is 508 Å². The Morgan fingerprint density at radius 3 is 1.66 bits per heavy atom. The highest BCUT2D eigenvalue weighted by molar-refractivity contribution is 7.87. The molecule has 0 aliphatic rings. The van der Waals surface area contributed by atoms with Gasteiger partial charge in [-0.15, -0.1) is 55.9 Å². The molecule has 0 bridgehead atoms. The van der Waals surface area contributed by atoms with Gasteiger partial charge in [0, 0.05) is 27.6 Å². The number of thiazole rings is 1. The summed E-state index contributed by atoms with van der Waals surface area (Å²) in [7, 11) is -36.7. The van der Waals surface area contributed by atoms with Gasteiger partial charge >= 0.3 is 27.4 Å². The van der Waals surface area contributed by atoms with E-state index in [4.69, 9.17) is 51.2 Å². The number of nitrogens with zero attached hydrogens (tertiary/aromatic N) is 9. The van der Waals surface area contributed by atoms with Crippen LogP contribution < -0.4 is 4.74 Å². The van der Waals surface area contributed by atoms with Crippen LogP contribution in [0.4, 0.5) is 33.6 Å². The number of benzene rings is 6. The molecule has 8 N–H and O–H groups in total. The zero-order valence-corrected chi connectivity index (χ0v) is 51.0. The van der Waals surface area contributed by atoms with Gasteiger partial charge in [-0.2, -0.15) is 69.9 Å². The molecule has 38 nitrogen and oxygen atoms in total. The number of ether oxygens (including phenoxy) is 1.